The van der Waals surface area contributed by atoms with Crippen LogP contribution in [0.2, 0.25) is 0 Å². The van der Waals surface area contributed by atoms with Crippen LogP contribution in [0.3, 0.4) is 0 Å². The molecule has 2 saturated heterocycles. The molecule has 1 aliphatic carbocycles. The molecule has 3 N–H and O–H groups in total. The van der Waals surface area contributed by atoms with Gasteiger partial charge in [0.2, 0.25) is 0 Å². The third kappa shape index (κ3) is 6.97. The number of benzene rings is 2. The normalized spacial score (nSPS) is 21.5. The molecule has 2 aromatic carbocycles. The maximum Gasteiger partial charge on any atom is 0.410 e. The van der Waals surface area contributed by atoms with Gasteiger partial charge in [-0.25, -0.2) is 13.9 Å². The summed E-state index contributed by atoms with van der Waals surface area (Å²) in [7, 11) is 1.43. The molecule has 2 aliphatic heterocycles. The van der Waals surface area contributed by atoms with Gasteiger partial charge >= 0.3 is 6.09 Å². The number of methoxy groups -OCH3 is 1. The first-order chi connectivity index (χ1) is 22.9. The molecule has 2 amide bonds. The Morgan fingerprint density at radius 2 is 1.73 bits per heavy atom. The molecular formula is C36H44FN7O4. The number of likely N-dealkylation sites (tertiary alicyclic amines) is 2. The monoisotopic (exact) mass is 657 g/mol. The molecule has 1 unspecified atom stereocenters. The summed E-state index contributed by atoms with van der Waals surface area (Å²) in [6, 6.07) is 14.1. The number of nitriles is 1. The smallest absolute Gasteiger partial charge is 0.410 e. The molecule has 3 atom stereocenters. The minimum absolute atomic E-state index is 0.0972. The van der Waals surface area contributed by atoms with Crippen LogP contribution in [-0.4, -0.2) is 76.5 Å². The Kier molecular flexibility index (Phi) is 9.34. The van der Waals surface area contributed by atoms with Crippen molar-refractivity contribution < 1.29 is 23.5 Å². The van der Waals surface area contributed by atoms with Crippen LogP contribution < -0.4 is 15.8 Å². The number of nitrogens with zero attached hydrogens (tertiary/aromatic N) is 5. The van der Waals surface area contributed by atoms with Crippen molar-refractivity contribution in [1.82, 2.24) is 24.9 Å². The number of aromatic nitrogens is 2. The number of carbonyl (C=O) groups is 2. The lowest BCUT2D eigenvalue weighted by molar-refractivity contribution is 0.0271. The minimum atomic E-state index is -0.520. The highest BCUT2D eigenvalue weighted by atomic mass is 19.1. The number of rotatable bonds is 7. The van der Waals surface area contributed by atoms with E-state index in [9.17, 15) is 19.2 Å². The summed E-state index contributed by atoms with van der Waals surface area (Å²) in [6.45, 7) is 9.35. The van der Waals surface area contributed by atoms with Crippen molar-refractivity contribution in [2.45, 2.75) is 70.7 Å². The van der Waals surface area contributed by atoms with Crippen LogP contribution in [0.4, 0.5) is 15.0 Å². The first-order valence-corrected chi connectivity index (χ1v) is 16.6. The fraction of sp³-hybridized carbons (Fsp3) is 0.500. The quantitative estimate of drug-likeness (QED) is 0.346. The van der Waals surface area contributed by atoms with Crippen LogP contribution in [0, 0.1) is 29.0 Å². The number of nitrogens with one attached hydrogen (secondary N) is 1. The average Bonchev–Trinajstić information content (AvgIpc) is 3.75. The van der Waals surface area contributed by atoms with E-state index < -0.39 is 17.3 Å². The second-order valence-corrected chi connectivity index (χ2v) is 14.2. The molecule has 254 valence electrons. The van der Waals surface area contributed by atoms with Crippen molar-refractivity contribution in [2.24, 2.45) is 11.8 Å². The standard InChI is InChI=1S/C36H44FN7O4/c1-36(2,3)48-35(46)43-20-24-15-28(16-25(24)21-43)42-13-11-27(12-14-42)44-33(39)30(18-38)32(41-44)23-7-5-22(6-8-23)19-40-34(45)29-17-26(37)9-10-31(29)47-4/h5-10,17,24-25,27-28H,11-16,19-21,39H2,1-4H3,(H,40,45)/t24-,25+,28?. The van der Waals surface area contributed by atoms with Gasteiger partial charge in [-0.05, 0) is 82.1 Å². The van der Waals surface area contributed by atoms with Gasteiger partial charge in [0, 0.05) is 44.3 Å². The van der Waals surface area contributed by atoms with Gasteiger partial charge in [0.05, 0.1) is 18.7 Å². The average molecular weight is 658 g/mol. The molecule has 12 heteroatoms. The second-order valence-electron chi connectivity index (χ2n) is 14.2. The van der Waals surface area contributed by atoms with Crippen molar-refractivity contribution in [3.63, 3.8) is 0 Å². The molecule has 3 heterocycles. The highest BCUT2D eigenvalue weighted by Crippen LogP contribution is 2.42. The van der Waals surface area contributed by atoms with E-state index in [0.717, 1.165) is 69.1 Å². The van der Waals surface area contributed by atoms with Crippen LogP contribution in [0.5, 0.6) is 5.75 Å². The lowest BCUT2D eigenvalue weighted by Crippen LogP contribution is -2.42. The van der Waals surface area contributed by atoms with E-state index in [0.29, 0.717) is 40.7 Å². The molecular weight excluding hydrogens is 613 g/mol. The molecule has 48 heavy (non-hydrogen) atoms. The number of hydrogen-bond acceptors (Lipinski definition) is 8. The van der Waals surface area contributed by atoms with Crippen LogP contribution in [-0.2, 0) is 11.3 Å². The van der Waals surface area contributed by atoms with Crippen molar-refractivity contribution in [1.29, 1.82) is 5.26 Å². The first kappa shape index (κ1) is 33.3. The highest BCUT2D eigenvalue weighted by molar-refractivity contribution is 5.96. The third-order valence-corrected chi connectivity index (χ3v) is 9.89. The fourth-order valence-corrected chi connectivity index (χ4v) is 7.49. The van der Waals surface area contributed by atoms with Gasteiger partial charge in [-0.2, -0.15) is 10.4 Å². The summed E-state index contributed by atoms with van der Waals surface area (Å²) in [5, 5.41) is 17.7. The maximum atomic E-state index is 13.7. The largest absolute Gasteiger partial charge is 0.496 e. The zero-order chi connectivity index (χ0) is 34.2. The number of nitrogen functional groups attached to an aromatic ring is 1. The Labute approximate surface area is 280 Å². The number of hydrogen-bond donors (Lipinski definition) is 2. The molecule has 1 aromatic heterocycles. The van der Waals surface area contributed by atoms with Crippen LogP contribution in [0.1, 0.15) is 74.0 Å². The highest BCUT2D eigenvalue weighted by Gasteiger charge is 2.45. The number of ether oxygens (including phenoxy) is 2. The van der Waals surface area contributed by atoms with Gasteiger partial charge in [-0.3, -0.25) is 4.79 Å². The number of fused-ring (bicyclic) bond motifs is 1. The predicted molar refractivity (Wildman–Crippen MR) is 179 cm³/mol. The summed E-state index contributed by atoms with van der Waals surface area (Å²) in [5.74, 6) is 0.739. The van der Waals surface area contributed by atoms with Gasteiger partial charge in [-0.15, -0.1) is 0 Å². The van der Waals surface area contributed by atoms with Crippen molar-refractivity contribution >= 4 is 17.8 Å². The van der Waals surface area contributed by atoms with Crippen molar-refractivity contribution in [3.8, 4) is 23.1 Å². The number of nitrogens with two attached hydrogens (primary N) is 1. The number of piperidine rings is 1. The van der Waals surface area contributed by atoms with Crippen molar-refractivity contribution in [2.75, 3.05) is 39.0 Å². The van der Waals surface area contributed by atoms with E-state index in [2.05, 4.69) is 16.3 Å². The van der Waals surface area contributed by atoms with Crippen molar-refractivity contribution in [3.05, 3.63) is 65.0 Å². The van der Waals surface area contributed by atoms with E-state index in [-0.39, 0.29) is 24.2 Å². The van der Waals surface area contributed by atoms with E-state index in [4.69, 9.17) is 20.3 Å². The second kappa shape index (κ2) is 13.5. The molecule has 11 nitrogen and oxygen atoms in total. The number of amides is 2. The van der Waals surface area contributed by atoms with E-state index in [1.165, 1.54) is 19.2 Å². The molecule has 3 aliphatic rings. The van der Waals surface area contributed by atoms with Crippen LogP contribution >= 0.6 is 0 Å². The number of anilines is 1. The summed E-state index contributed by atoms with van der Waals surface area (Å²) >= 11 is 0. The van der Waals surface area contributed by atoms with Crippen LogP contribution in [0.25, 0.3) is 11.3 Å². The summed E-state index contributed by atoms with van der Waals surface area (Å²) in [5.41, 5.74) is 8.63. The van der Waals surface area contributed by atoms with Gasteiger partial charge in [-0.1, -0.05) is 24.3 Å². The molecule has 0 radical (unpaired) electrons. The Balaban J connectivity index is 1.04. The Bertz CT molecular complexity index is 1690. The molecule has 1 saturated carbocycles. The van der Waals surface area contributed by atoms with Crippen LogP contribution in [0.15, 0.2) is 42.5 Å². The number of carbonyl (C=O) groups excluding carboxylic acids is 2. The van der Waals surface area contributed by atoms with Gasteiger partial charge < -0.3 is 30.3 Å². The summed E-state index contributed by atoms with van der Waals surface area (Å²) in [6.07, 6.45) is 3.77. The van der Waals surface area contributed by atoms with Gasteiger partial charge in [0.15, 0.2) is 0 Å². The van der Waals surface area contributed by atoms with Gasteiger partial charge in [0.25, 0.3) is 5.91 Å². The maximum absolute atomic E-state index is 13.7. The molecule has 3 fully saturated rings. The topological polar surface area (TPSA) is 139 Å². The first-order valence-electron chi connectivity index (χ1n) is 16.6. The Morgan fingerprint density at radius 3 is 2.33 bits per heavy atom. The lowest BCUT2D eigenvalue weighted by atomic mass is 10.0. The van der Waals surface area contributed by atoms with Gasteiger partial charge in [0.1, 0.15) is 40.3 Å². The molecule has 0 bridgehead atoms. The van der Waals surface area contributed by atoms with E-state index in [1.807, 2.05) is 54.6 Å². The lowest BCUT2D eigenvalue weighted by Gasteiger charge is -2.37. The van der Waals surface area contributed by atoms with E-state index in [1.54, 1.807) is 0 Å². The number of halogens is 1. The molecule has 6 rings (SSSR count). The molecule has 3 aromatic rings. The Morgan fingerprint density at radius 1 is 1.06 bits per heavy atom. The predicted octanol–water partition coefficient (Wildman–Crippen LogP) is 5.36. The third-order valence-electron chi connectivity index (χ3n) is 9.89. The Hall–Kier alpha value is -4.63. The summed E-state index contributed by atoms with van der Waals surface area (Å²) < 4.78 is 26.3. The zero-order valence-electron chi connectivity index (χ0n) is 28.0. The zero-order valence-corrected chi connectivity index (χ0v) is 28.0. The minimum Gasteiger partial charge on any atom is -0.496 e. The molecule has 0 spiro atoms. The van der Waals surface area contributed by atoms with E-state index >= 15 is 0 Å². The SMILES string of the molecule is COc1ccc(F)cc1C(=O)NCc1ccc(-c2nn(C3CCN(C4C[C@@H]5CN(C(=O)OC(C)(C)C)C[C@@H]5C4)CC3)c(N)c2C#N)cc1. The fourth-order valence-electron chi connectivity index (χ4n) is 7.49. The summed E-state index contributed by atoms with van der Waals surface area (Å²) in [4.78, 5) is 29.7.